The third-order valence-electron chi connectivity index (χ3n) is 4.32. The van der Waals surface area contributed by atoms with Gasteiger partial charge in [0.1, 0.15) is 0 Å². The van der Waals surface area contributed by atoms with E-state index in [9.17, 15) is 0 Å². The van der Waals surface area contributed by atoms with Crippen molar-refractivity contribution in [2.45, 2.75) is 38.6 Å². The topological polar surface area (TPSA) is 24.9 Å². The van der Waals surface area contributed by atoms with E-state index >= 15 is 0 Å². The monoisotopic (exact) mass is 254 g/mol. The molecule has 2 nitrogen and oxygen atoms in total. The minimum absolute atomic E-state index is 0.453. The Morgan fingerprint density at radius 3 is 2.84 bits per heavy atom. The van der Waals surface area contributed by atoms with Crippen molar-refractivity contribution in [3.05, 3.63) is 42.2 Å². The molecule has 19 heavy (non-hydrogen) atoms. The van der Waals surface area contributed by atoms with Gasteiger partial charge in [0.15, 0.2) is 0 Å². The van der Waals surface area contributed by atoms with E-state index in [-0.39, 0.29) is 0 Å². The summed E-state index contributed by atoms with van der Waals surface area (Å²) in [4.78, 5) is 4.43. The van der Waals surface area contributed by atoms with Gasteiger partial charge < -0.3 is 5.32 Å². The number of aromatic nitrogens is 1. The summed E-state index contributed by atoms with van der Waals surface area (Å²) in [5, 5.41) is 6.25. The second kappa shape index (κ2) is 5.70. The predicted octanol–water partition coefficient (Wildman–Crippen LogP) is 4.08. The van der Waals surface area contributed by atoms with E-state index in [4.69, 9.17) is 0 Å². The second-order valence-electron chi connectivity index (χ2n) is 5.59. The van der Waals surface area contributed by atoms with E-state index in [1.807, 2.05) is 12.4 Å². The van der Waals surface area contributed by atoms with E-state index < -0.39 is 0 Å². The number of hydrogen-bond acceptors (Lipinski definition) is 2. The molecule has 1 aliphatic rings. The van der Waals surface area contributed by atoms with Crippen LogP contribution in [0.5, 0.6) is 0 Å². The zero-order chi connectivity index (χ0) is 13.1. The number of fused-ring (bicyclic) bond motifs is 1. The van der Waals surface area contributed by atoms with E-state index in [1.165, 1.54) is 42.0 Å². The van der Waals surface area contributed by atoms with Gasteiger partial charge in [-0.3, -0.25) is 4.98 Å². The maximum absolute atomic E-state index is 4.43. The molecule has 100 valence electrons. The third kappa shape index (κ3) is 2.64. The first-order chi connectivity index (χ1) is 9.38. The van der Waals surface area contributed by atoms with Gasteiger partial charge in [-0.05, 0) is 29.8 Å². The van der Waals surface area contributed by atoms with Gasteiger partial charge in [0.05, 0.1) is 0 Å². The van der Waals surface area contributed by atoms with Crippen molar-refractivity contribution < 1.29 is 0 Å². The molecule has 3 rings (SSSR count). The van der Waals surface area contributed by atoms with Crippen LogP contribution >= 0.6 is 0 Å². The molecule has 1 N–H and O–H groups in total. The Kier molecular flexibility index (Phi) is 3.79. The lowest BCUT2D eigenvalue weighted by Gasteiger charge is -2.30. The van der Waals surface area contributed by atoms with Crippen molar-refractivity contribution in [1.29, 1.82) is 0 Å². The molecule has 0 spiro atoms. The lowest BCUT2D eigenvalue weighted by Crippen LogP contribution is -2.26. The number of nitrogens with zero attached hydrogens (tertiary/aromatic N) is 1. The highest BCUT2D eigenvalue weighted by atomic mass is 14.9. The van der Waals surface area contributed by atoms with Crippen LogP contribution in [0.15, 0.2) is 36.7 Å². The summed E-state index contributed by atoms with van der Waals surface area (Å²) in [7, 11) is 0. The number of rotatable bonds is 5. The van der Waals surface area contributed by atoms with Crippen LogP contribution in [-0.2, 0) is 0 Å². The molecule has 1 fully saturated rings. The van der Waals surface area contributed by atoms with Crippen LogP contribution in [-0.4, -0.2) is 11.5 Å². The Morgan fingerprint density at radius 2 is 2.11 bits per heavy atom. The van der Waals surface area contributed by atoms with E-state index in [1.54, 1.807) is 0 Å². The molecule has 1 aliphatic carbocycles. The molecule has 2 heteroatoms. The standard InChI is InChI=1S/C17H22N2/c1-2-19-17(10-13-6-5-7-13)16-12-18-11-14-8-3-4-9-15(14)16/h3-4,8-9,11-13,17,19H,2,5-7,10H2,1H3. The molecular weight excluding hydrogens is 232 g/mol. The van der Waals surface area contributed by atoms with E-state index in [0.717, 1.165) is 12.5 Å². The summed E-state index contributed by atoms with van der Waals surface area (Å²) in [5.74, 6) is 0.906. The zero-order valence-electron chi connectivity index (χ0n) is 11.6. The van der Waals surface area contributed by atoms with Crippen LogP contribution in [0.4, 0.5) is 0 Å². The van der Waals surface area contributed by atoms with Gasteiger partial charge in [0.25, 0.3) is 0 Å². The number of hydrogen-bond donors (Lipinski definition) is 1. The first kappa shape index (κ1) is 12.6. The highest BCUT2D eigenvalue weighted by molar-refractivity contribution is 5.85. The molecule has 1 heterocycles. The van der Waals surface area contributed by atoms with Crippen molar-refractivity contribution in [1.82, 2.24) is 10.3 Å². The SMILES string of the molecule is CCNC(CC1CCC1)c1cncc2ccccc12. The Hall–Kier alpha value is -1.41. The zero-order valence-corrected chi connectivity index (χ0v) is 11.6. The average Bonchev–Trinajstić information content (AvgIpc) is 2.41. The van der Waals surface area contributed by atoms with Crippen molar-refractivity contribution >= 4 is 10.8 Å². The fourth-order valence-corrected chi connectivity index (χ4v) is 3.05. The van der Waals surface area contributed by atoms with Crippen molar-refractivity contribution in [3.63, 3.8) is 0 Å². The summed E-state index contributed by atoms with van der Waals surface area (Å²) < 4.78 is 0. The van der Waals surface area contributed by atoms with E-state index in [0.29, 0.717) is 6.04 Å². The number of nitrogens with one attached hydrogen (secondary N) is 1. The molecule has 2 aromatic rings. The lowest BCUT2D eigenvalue weighted by molar-refractivity contribution is 0.263. The molecule has 1 atom stereocenters. The van der Waals surface area contributed by atoms with E-state index in [2.05, 4.69) is 41.5 Å². The van der Waals surface area contributed by atoms with Gasteiger partial charge in [-0.2, -0.15) is 0 Å². The maximum Gasteiger partial charge on any atom is 0.0346 e. The first-order valence-electron chi connectivity index (χ1n) is 7.44. The van der Waals surface area contributed by atoms with Crippen LogP contribution in [0, 0.1) is 5.92 Å². The molecule has 0 amide bonds. The smallest absolute Gasteiger partial charge is 0.0346 e. The molecule has 0 saturated heterocycles. The van der Waals surface area contributed by atoms with Crippen LogP contribution in [0.2, 0.25) is 0 Å². The summed E-state index contributed by atoms with van der Waals surface area (Å²) in [6.07, 6.45) is 9.49. The second-order valence-corrected chi connectivity index (χ2v) is 5.59. The molecule has 0 bridgehead atoms. The average molecular weight is 254 g/mol. The molecule has 1 unspecified atom stereocenters. The van der Waals surface area contributed by atoms with Crippen molar-refractivity contribution in [2.75, 3.05) is 6.54 Å². The Bertz CT molecular complexity index is 540. The fourth-order valence-electron chi connectivity index (χ4n) is 3.05. The highest BCUT2D eigenvalue weighted by Gasteiger charge is 2.23. The molecule has 1 aromatic carbocycles. The number of pyridine rings is 1. The van der Waals surface area contributed by atoms with Crippen LogP contribution in [0.1, 0.15) is 44.2 Å². The summed E-state index contributed by atoms with van der Waals surface area (Å²) in [5.41, 5.74) is 1.37. The predicted molar refractivity (Wildman–Crippen MR) is 80.1 cm³/mol. The minimum Gasteiger partial charge on any atom is -0.310 e. The van der Waals surface area contributed by atoms with Crippen LogP contribution in [0.3, 0.4) is 0 Å². The molecule has 0 aliphatic heterocycles. The Morgan fingerprint density at radius 1 is 1.26 bits per heavy atom. The summed E-state index contributed by atoms with van der Waals surface area (Å²) in [6, 6.07) is 9.03. The largest absolute Gasteiger partial charge is 0.310 e. The Balaban J connectivity index is 1.93. The quantitative estimate of drug-likeness (QED) is 0.869. The normalized spacial score (nSPS) is 17.3. The van der Waals surface area contributed by atoms with Crippen LogP contribution in [0.25, 0.3) is 10.8 Å². The highest BCUT2D eigenvalue weighted by Crippen LogP contribution is 2.36. The van der Waals surface area contributed by atoms with Gasteiger partial charge in [-0.25, -0.2) is 0 Å². The molecule has 1 aromatic heterocycles. The fraction of sp³-hybridized carbons (Fsp3) is 0.471. The van der Waals surface area contributed by atoms with Crippen molar-refractivity contribution in [3.8, 4) is 0 Å². The van der Waals surface area contributed by atoms with Crippen LogP contribution < -0.4 is 5.32 Å². The lowest BCUT2D eigenvalue weighted by atomic mass is 9.79. The summed E-state index contributed by atoms with van der Waals surface area (Å²) in [6.45, 7) is 3.20. The van der Waals surface area contributed by atoms with Gasteiger partial charge in [0, 0.05) is 23.8 Å². The molecule has 0 radical (unpaired) electrons. The summed E-state index contributed by atoms with van der Waals surface area (Å²) >= 11 is 0. The Labute approximate surface area is 115 Å². The van der Waals surface area contributed by atoms with Gasteiger partial charge in [-0.1, -0.05) is 50.5 Å². The number of benzene rings is 1. The minimum atomic E-state index is 0.453. The maximum atomic E-state index is 4.43. The van der Waals surface area contributed by atoms with Crippen molar-refractivity contribution in [2.24, 2.45) is 5.92 Å². The first-order valence-corrected chi connectivity index (χ1v) is 7.44. The van der Waals surface area contributed by atoms with Gasteiger partial charge >= 0.3 is 0 Å². The third-order valence-corrected chi connectivity index (χ3v) is 4.32. The molecule has 1 saturated carbocycles. The van der Waals surface area contributed by atoms with Gasteiger partial charge in [-0.15, -0.1) is 0 Å². The van der Waals surface area contributed by atoms with Gasteiger partial charge in [0.2, 0.25) is 0 Å². The molecular formula is C17H22N2.